The number of anilines is 1. The van der Waals surface area contributed by atoms with Gasteiger partial charge in [0.2, 0.25) is 0 Å². The van der Waals surface area contributed by atoms with Crippen molar-refractivity contribution in [2.45, 2.75) is 19.8 Å². The molecule has 0 fully saturated rings. The van der Waals surface area contributed by atoms with Crippen LogP contribution in [0.2, 0.25) is 0 Å². The first-order valence-corrected chi connectivity index (χ1v) is 5.48. The fourth-order valence-corrected chi connectivity index (χ4v) is 1.60. The van der Waals surface area contributed by atoms with Crippen molar-refractivity contribution >= 4 is 5.82 Å². The number of nitrogens with two attached hydrogens (primary N) is 1. The summed E-state index contributed by atoms with van der Waals surface area (Å²) in [5, 5.41) is 4.07. The highest BCUT2D eigenvalue weighted by Gasteiger charge is 2.30. The number of halogens is 3. The maximum atomic E-state index is 12.0. The second-order valence-corrected chi connectivity index (χ2v) is 4.09. The van der Waals surface area contributed by atoms with Gasteiger partial charge in [0.1, 0.15) is 11.6 Å². The molecule has 0 bridgehead atoms. The van der Waals surface area contributed by atoms with Crippen molar-refractivity contribution in [1.82, 2.24) is 9.78 Å². The van der Waals surface area contributed by atoms with Crippen LogP contribution >= 0.6 is 0 Å². The Labute approximate surface area is 107 Å². The average molecular weight is 271 g/mol. The van der Waals surface area contributed by atoms with E-state index in [2.05, 4.69) is 9.84 Å². The number of benzene rings is 1. The standard InChI is InChI=1S/C12H12F3N3O/c1-8-6-18(17-11(8)16)7-9-2-4-10(5-3-9)19-12(13,14)15/h2-6H,7H2,1H3,(H2,16,17). The number of alkyl halides is 3. The van der Waals surface area contributed by atoms with Gasteiger partial charge in [-0.05, 0) is 24.6 Å². The minimum Gasteiger partial charge on any atom is -0.406 e. The summed E-state index contributed by atoms with van der Waals surface area (Å²) < 4.78 is 41.4. The van der Waals surface area contributed by atoms with Crippen LogP contribution in [0.3, 0.4) is 0 Å². The van der Waals surface area contributed by atoms with Gasteiger partial charge in [-0.25, -0.2) is 0 Å². The van der Waals surface area contributed by atoms with Gasteiger partial charge in [0.25, 0.3) is 0 Å². The van der Waals surface area contributed by atoms with Crippen LogP contribution in [-0.4, -0.2) is 16.1 Å². The Hall–Kier alpha value is -2.18. The van der Waals surface area contributed by atoms with Crippen molar-refractivity contribution in [3.8, 4) is 5.75 Å². The van der Waals surface area contributed by atoms with E-state index in [4.69, 9.17) is 5.73 Å². The van der Waals surface area contributed by atoms with E-state index in [1.54, 1.807) is 23.0 Å². The normalized spacial score (nSPS) is 11.6. The first-order valence-electron chi connectivity index (χ1n) is 5.48. The zero-order valence-corrected chi connectivity index (χ0v) is 10.1. The highest BCUT2D eigenvalue weighted by molar-refractivity contribution is 5.36. The molecule has 2 rings (SSSR count). The van der Waals surface area contributed by atoms with Crippen LogP contribution in [0.4, 0.5) is 19.0 Å². The van der Waals surface area contributed by atoms with Crippen molar-refractivity contribution in [3.05, 3.63) is 41.6 Å². The molecule has 0 aliphatic heterocycles. The van der Waals surface area contributed by atoms with Crippen LogP contribution in [0, 0.1) is 6.92 Å². The van der Waals surface area contributed by atoms with Crippen LogP contribution in [0.5, 0.6) is 5.75 Å². The van der Waals surface area contributed by atoms with Gasteiger partial charge >= 0.3 is 6.36 Å². The molecule has 102 valence electrons. The Morgan fingerprint density at radius 1 is 1.26 bits per heavy atom. The lowest BCUT2D eigenvalue weighted by Crippen LogP contribution is -2.17. The molecule has 2 N–H and O–H groups in total. The van der Waals surface area contributed by atoms with Crippen LogP contribution < -0.4 is 10.5 Å². The maximum Gasteiger partial charge on any atom is 0.573 e. The summed E-state index contributed by atoms with van der Waals surface area (Å²) in [6.07, 6.45) is -2.90. The summed E-state index contributed by atoms with van der Waals surface area (Å²) in [6.45, 7) is 2.27. The van der Waals surface area contributed by atoms with E-state index in [0.717, 1.165) is 11.1 Å². The fraction of sp³-hybridized carbons (Fsp3) is 0.250. The Bertz CT molecular complexity index is 541. The molecule has 2 aromatic rings. The number of ether oxygens (including phenoxy) is 1. The molecule has 7 heteroatoms. The van der Waals surface area contributed by atoms with Crippen molar-refractivity contribution in [2.75, 3.05) is 5.73 Å². The molecule has 0 saturated heterocycles. The predicted octanol–water partition coefficient (Wildman–Crippen LogP) is 2.72. The molecule has 0 unspecified atom stereocenters. The van der Waals surface area contributed by atoms with Crippen molar-refractivity contribution in [3.63, 3.8) is 0 Å². The first-order chi connectivity index (χ1) is 8.83. The SMILES string of the molecule is Cc1cn(Cc2ccc(OC(F)(F)F)cc2)nc1N. The number of rotatable bonds is 3. The van der Waals surface area contributed by atoms with E-state index in [1.165, 1.54) is 12.1 Å². The van der Waals surface area contributed by atoms with Gasteiger partial charge in [-0.1, -0.05) is 12.1 Å². The lowest BCUT2D eigenvalue weighted by atomic mass is 10.2. The van der Waals surface area contributed by atoms with Crippen molar-refractivity contribution < 1.29 is 17.9 Å². The lowest BCUT2D eigenvalue weighted by molar-refractivity contribution is -0.274. The van der Waals surface area contributed by atoms with Gasteiger partial charge in [0.05, 0.1) is 6.54 Å². The molecule has 4 nitrogen and oxygen atoms in total. The van der Waals surface area contributed by atoms with E-state index in [0.29, 0.717) is 12.4 Å². The molecular weight excluding hydrogens is 259 g/mol. The lowest BCUT2D eigenvalue weighted by Gasteiger charge is -2.09. The summed E-state index contributed by atoms with van der Waals surface area (Å²) in [5.41, 5.74) is 7.27. The number of hydrogen-bond acceptors (Lipinski definition) is 3. The zero-order valence-electron chi connectivity index (χ0n) is 10.1. The molecule has 1 aromatic carbocycles. The molecule has 0 saturated carbocycles. The smallest absolute Gasteiger partial charge is 0.406 e. The van der Waals surface area contributed by atoms with E-state index in [1.807, 2.05) is 6.92 Å². The molecule has 0 aliphatic carbocycles. The number of aromatic nitrogens is 2. The fourth-order valence-electron chi connectivity index (χ4n) is 1.60. The Balaban J connectivity index is 2.06. The maximum absolute atomic E-state index is 12.0. The van der Waals surface area contributed by atoms with E-state index < -0.39 is 6.36 Å². The number of hydrogen-bond donors (Lipinski definition) is 1. The Morgan fingerprint density at radius 2 is 1.89 bits per heavy atom. The molecule has 0 amide bonds. The monoisotopic (exact) mass is 271 g/mol. The van der Waals surface area contributed by atoms with E-state index >= 15 is 0 Å². The van der Waals surface area contributed by atoms with E-state index in [-0.39, 0.29) is 5.75 Å². The third kappa shape index (κ3) is 3.64. The largest absolute Gasteiger partial charge is 0.573 e. The highest BCUT2D eigenvalue weighted by atomic mass is 19.4. The van der Waals surface area contributed by atoms with Crippen molar-refractivity contribution in [1.29, 1.82) is 0 Å². The molecule has 0 radical (unpaired) electrons. The van der Waals surface area contributed by atoms with Gasteiger partial charge in [0.15, 0.2) is 0 Å². The number of aryl methyl sites for hydroxylation is 1. The van der Waals surface area contributed by atoms with Crippen LogP contribution in [0.15, 0.2) is 30.5 Å². The van der Waals surface area contributed by atoms with Gasteiger partial charge < -0.3 is 10.5 Å². The number of nitrogen functional groups attached to an aromatic ring is 1. The van der Waals surface area contributed by atoms with E-state index in [9.17, 15) is 13.2 Å². The second-order valence-electron chi connectivity index (χ2n) is 4.09. The quantitative estimate of drug-likeness (QED) is 0.933. The molecule has 0 spiro atoms. The summed E-state index contributed by atoms with van der Waals surface area (Å²) in [4.78, 5) is 0. The van der Waals surface area contributed by atoms with Crippen molar-refractivity contribution in [2.24, 2.45) is 0 Å². The van der Waals surface area contributed by atoms with Gasteiger partial charge in [-0.2, -0.15) is 5.10 Å². The van der Waals surface area contributed by atoms with Gasteiger partial charge in [-0.3, -0.25) is 4.68 Å². The minimum atomic E-state index is -4.67. The third-order valence-corrected chi connectivity index (χ3v) is 2.48. The van der Waals surface area contributed by atoms with Crippen LogP contribution in [-0.2, 0) is 6.54 Å². The molecule has 19 heavy (non-hydrogen) atoms. The van der Waals surface area contributed by atoms with Crippen LogP contribution in [0.1, 0.15) is 11.1 Å². The Morgan fingerprint density at radius 3 is 2.37 bits per heavy atom. The topological polar surface area (TPSA) is 53.1 Å². The molecule has 1 aromatic heterocycles. The molecule has 1 heterocycles. The van der Waals surface area contributed by atoms with Gasteiger partial charge in [0, 0.05) is 11.8 Å². The summed E-state index contributed by atoms with van der Waals surface area (Å²) >= 11 is 0. The molecule has 0 atom stereocenters. The minimum absolute atomic E-state index is 0.243. The first kappa shape index (κ1) is 13.3. The second kappa shape index (κ2) is 4.83. The van der Waals surface area contributed by atoms with Crippen LogP contribution in [0.25, 0.3) is 0 Å². The Kier molecular flexibility index (Phi) is 3.37. The highest BCUT2D eigenvalue weighted by Crippen LogP contribution is 2.23. The summed E-state index contributed by atoms with van der Waals surface area (Å²) in [5.74, 6) is 0.199. The third-order valence-electron chi connectivity index (χ3n) is 2.48. The predicted molar refractivity (Wildman–Crippen MR) is 63.6 cm³/mol. The average Bonchev–Trinajstić information content (AvgIpc) is 2.59. The zero-order chi connectivity index (χ0) is 14.0. The molecule has 0 aliphatic rings. The number of nitrogens with zero attached hydrogens (tertiary/aromatic N) is 2. The summed E-state index contributed by atoms with van der Waals surface area (Å²) in [7, 11) is 0. The molecular formula is C12H12F3N3O. The van der Waals surface area contributed by atoms with Gasteiger partial charge in [-0.15, -0.1) is 13.2 Å². The summed E-state index contributed by atoms with van der Waals surface area (Å²) in [6, 6.07) is 5.63.